The zero-order valence-corrected chi connectivity index (χ0v) is 11.0. The van der Waals surface area contributed by atoms with E-state index >= 15 is 0 Å². The molecule has 2 aromatic rings. The molecule has 0 saturated carbocycles. The van der Waals surface area contributed by atoms with Gasteiger partial charge in [-0.25, -0.2) is 0 Å². The van der Waals surface area contributed by atoms with Crippen molar-refractivity contribution in [2.24, 2.45) is 0 Å². The SMILES string of the molecule is Cc1cc(Br)cc(-c2nc(I)no2)c1. The van der Waals surface area contributed by atoms with Crippen molar-refractivity contribution in [1.82, 2.24) is 10.1 Å². The van der Waals surface area contributed by atoms with E-state index < -0.39 is 0 Å². The van der Waals surface area contributed by atoms with E-state index in [4.69, 9.17) is 4.52 Å². The summed E-state index contributed by atoms with van der Waals surface area (Å²) in [7, 11) is 0. The predicted molar refractivity (Wildman–Crippen MR) is 64.9 cm³/mol. The van der Waals surface area contributed by atoms with E-state index in [1.54, 1.807) is 0 Å². The third-order valence-corrected chi connectivity index (χ3v) is 2.59. The van der Waals surface area contributed by atoms with Gasteiger partial charge in [0, 0.05) is 32.6 Å². The van der Waals surface area contributed by atoms with E-state index in [0.29, 0.717) is 9.72 Å². The quantitative estimate of drug-likeness (QED) is 0.728. The second kappa shape index (κ2) is 3.98. The molecule has 72 valence electrons. The highest BCUT2D eigenvalue weighted by Gasteiger charge is 2.07. The van der Waals surface area contributed by atoms with E-state index in [1.165, 1.54) is 0 Å². The molecule has 0 spiro atoms. The maximum atomic E-state index is 5.07. The minimum Gasteiger partial charge on any atom is -0.333 e. The molecule has 0 unspecified atom stereocenters. The van der Waals surface area contributed by atoms with Gasteiger partial charge in [-0.1, -0.05) is 21.1 Å². The summed E-state index contributed by atoms with van der Waals surface area (Å²) in [6.07, 6.45) is 0. The third kappa shape index (κ3) is 2.14. The van der Waals surface area contributed by atoms with Crippen LogP contribution in [0.4, 0.5) is 0 Å². The fourth-order valence-electron chi connectivity index (χ4n) is 1.18. The van der Waals surface area contributed by atoms with E-state index in [1.807, 2.05) is 47.7 Å². The molecule has 0 aliphatic rings. The van der Waals surface area contributed by atoms with Crippen molar-refractivity contribution < 1.29 is 4.52 Å². The van der Waals surface area contributed by atoms with Crippen LogP contribution in [0.25, 0.3) is 11.5 Å². The van der Waals surface area contributed by atoms with Crippen molar-refractivity contribution in [3.8, 4) is 11.5 Å². The summed E-state index contributed by atoms with van der Waals surface area (Å²) in [6.45, 7) is 2.02. The summed E-state index contributed by atoms with van der Waals surface area (Å²) in [5.41, 5.74) is 2.09. The Balaban J connectivity index is 2.51. The van der Waals surface area contributed by atoms with E-state index in [0.717, 1.165) is 15.6 Å². The zero-order chi connectivity index (χ0) is 10.1. The first-order chi connectivity index (χ1) is 6.65. The maximum absolute atomic E-state index is 5.07. The predicted octanol–water partition coefficient (Wildman–Crippen LogP) is 3.41. The van der Waals surface area contributed by atoms with Gasteiger partial charge in [0.15, 0.2) is 0 Å². The summed E-state index contributed by atoms with van der Waals surface area (Å²) in [6, 6.07) is 6.00. The van der Waals surface area contributed by atoms with E-state index in [2.05, 4.69) is 26.1 Å². The largest absolute Gasteiger partial charge is 0.333 e. The Morgan fingerprint density at radius 3 is 2.71 bits per heavy atom. The Kier molecular flexibility index (Phi) is 2.87. The van der Waals surface area contributed by atoms with E-state index in [-0.39, 0.29) is 0 Å². The van der Waals surface area contributed by atoms with Crippen LogP contribution in [-0.2, 0) is 0 Å². The Labute approximate surface area is 103 Å². The van der Waals surface area contributed by atoms with Gasteiger partial charge in [-0.05, 0) is 30.7 Å². The van der Waals surface area contributed by atoms with Gasteiger partial charge in [0.1, 0.15) is 0 Å². The third-order valence-electron chi connectivity index (χ3n) is 1.69. The molecule has 1 heterocycles. The molecule has 5 heteroatoms. The van der Waals surface area contributed by atoms with Gasteiger partial charge >= 0.3 is 0 Å². The summed E-state index contributed by atoms with van der Waals surface area (Å²) >= 11 is 5.44. The van der Waals surface area contributed by atoms with Crippen molar-refractivity contribution in [2.75, 3.05) is 0 Å². The molecule has 0 N–H and O–H groups in total. The maximum Gasteiger partial charge on any atom is 0.258 e. The Morgan fingerprint density at radius 2 is 2.14 bits per heavy atom. The molecule has 0 atom stereocenters. The molecule has 0 bridgehead atoms. The molecule has 0 fully saturated rings. The van der Waals surface area contributed by atoms with Crippen molar-refractivity contribution >= 4 is 38.5 Å². The molecule has 0 radical (unpaired) electrons. The van der Waals surface area contributed by atoms with Gasteiger partial charge < -0.3 is 4.52 Å². The molecular weight excluding hydrogens is 359 g/mol. The van der Waals surface area contributed by atoms with Crippen molar-refractivity contribution in [2.45, 2.75) is 6.92 Å². The lowest BCUT2D eigenvalue weighted by molar-refractivity contribution is 0.426. The lowest BCUT2D eigenvalue weighted by Crippen LogP contribution is -1.80. The number of aromatic nitrogens is 2. The number of hydrogen-bond donors (Lipinski definition) is 0. The molecule has 3 nitrogen and oxygen atoms in total. The van der Waals surface area contributed by atoms with Crippen LogP contribution in [0.5, 0.6) is 0 Å². The molecule has 0 saturated heterocycles. The normalized spacial score (nSPS) is 10.5. The van der Waals surface area contributed by atoms with Gasteiger partial charge in [-0.2, -0.15) is 4.98 Å². The molecule has 1 aromatic heterocycles. The fourth-order valence-corrected chi connectivity index (χ4v) is 2.11. The first-order valence-corrected chi connectivity index (χ1v) is 5.79. The zero-order valence-electron chi connectivity index (χ0n) is 7.29. The van der Waals surface area contributed by atoms with Crippen LogP contribution in [0.15, 0.2) is 27.2 Å². The van der Waals surface area contributed by atoms with Crippen LogP contribution >= 0.6 is 38.5 Å². The first-order valence-electron chi connectivity index (χ1n) is 3.92. The average Bonchev–Trinajstić information content (AvgIpc) is 2.50. The molecule has 0 aliphatic heterocycles. The summed E-state index contributed by atoms with van der Waals surface area (Å²) < 4.78 is 6.71. The highest BCUT2D eigenvalue weighted by Crippen LogP contribution is 2.23. The minimum absolute atomic E-state index is 0.554. The Morgan fingerprint density at radius 1 is 1.36 bits per heavy atom. The Hall–Kier alpha value is -0.430. The lowest BCUT2D eigenvalue weighted by atomic mass is 10.1. The number of nitrogens with zero attached hydrogens (tertiary/aromatic N) is 2. The summed E-state index contributed by atoms with van der Waals surface area (Å²) in [5, 5.41) is 3.74. The molecule has 1 aromatic carbocycles. The molecular formula is C9H6BrIN2O. The first kappa shape index (κ1) is 10.1. The number of hydrogen-bond acceptors (Lipinski definition) is 3. The van der Waals surface area contributed by atoms with Gasteiger partial charge in [0.25, 0.3) is 5.89 Å². The van der Waals surface area contributed by atoms with Gasteiger partial charge in [-0.3, -0.25) is 0 Å². The highest BCUT2D eigenvalue weighted by molar-refractivity contribution is 14.1. The number of halogens is 2. The average molecular weight is 365 g/mol. The lowest BCUT2D eigenvalue weighted by Gasteiger charge is -1.98. The second-order valence-electron chi connectivity index (χ2n) is 2.89. The number of aryl methyl sites for hydroxylation is 1. The number of rotatable bonds is 1. The fraction of sp³-hybridized carbons (Fsp3) is 0.111. The van der Waals surface area contributed by atoms with Crippen molar-refractivity contribution in [3.63, 3.8) is 0 Å². The molecule has 0 amide bonds. The summed E-state index contributed by atoms with van der Waals surface area (Å²) in [4.78, 5) is 4.15. The van der Waals surface area contributed by atoms with Crippen LogP contribution in [0.3, 0.4) is 0 Å². The number of benzene rings is 1. The van der Waals surface area contributed by atoms with Gasteiger partial charge in [0.05, 0.1) is 0 Å². The van der Waals surface area contributed by atoms with Crippen LogP contribution in [0.1, 0.15) is 5.56 Å². The van der Waals surface area contributed by atoms with Crippen LogP contribution in [0.2, 0.25) is 0 Å². The monoisotopic (exact) mass is 364 g/mol. The molecule has 0 aliphatic carbocycles. The van der Waals surface area contributed by atoms with Crippen molar-refractivity contribution in [1.29, 1.82) is 0 Å². The summed E-state index contributed by atoms with van der Waals surface area (Å²) in [5.74, 6) is 0.554. The highest BCUT2D eigenvalue weighted by atomic mass is 127. The van der Waals surface area contributed by atoms with E-state index in [9.17, 15) is 0 Å². The second-order valence-corrected chi connectivity index (χ2v) is 4.77. The van der Waals surface area contributed by atoms with Gasteiger partial charge in [-0.15, -0.1) is 0 Å². The van der Waals surface area contributed by atoms with Crippen molar-refractivity contribution in [3.05, 3.63) is 32.1 Å². The minimum atomic E-state index is 0.554. The van der Waals surface area contributed by atoms with Crippen LogP contribution in [-0.4, -0.2) is 10.1 Å². The van der Waals surface area contributed by atoms with Crippen LogP contribution < -0.4 is 0 Å². The van der Waals surface area contributed by atoms with Gasteiger partial charge in [0.2, 0.25) is 3.83 Å². The Bertz CT molecular complexity index is 449. The topological polar surface area (TPSA) is 38.9 Å². The molecule has 2 rings (SSSR count). The van der Waals surface area contributed by atoms with Crippen LogP contribution in [0, 0.1) is 10.8 Å². The standard InChI is InChI=1S/C9H6BrIN2O/c1-5-2-6(4-7(10)3-5)8-12-9(11)13-14-8/h2-4H,1H3. The molecule has 14 heavy (non-hydrogen) atoms. The smallest absolute Gasteiger partial charge is 0.258 e.